The van der Waals surface area contributed by atoms with E-state index in [2.05, 4.69) is 0 Å². The highest BCUT2D eigenvalue weighted by atomic mass is 32.2. The van der Waals surface area contributed by atoms with Crippen LogP contribution in [0, 0.1) is 0 Å². The number of aliphatic carboxylic acids is 1. The molecule has 2 aromatic carbocycles. The normalized spacial score (nSPS) is 11.7. The van der Waals surface area contributed by atoms with Crippen LogP contribution in [-0.2, 0) is 9.59 Å². The largest absolute Gasteiger partial charge is 0.481 e. The summed E-state index contributed by atoms with van der Waals surface area (Å²) < 4.78 is 0. The number of carboxylic acids is 1. The molecule has 0 bridgehead atoms. The van der Waals surface area contributed by atoms with Crippen molar-refractivity contribution in [3.8, 4) is 0 Å². The molecular weight excluding hydrogens is 322 g/mol. The number of hydrogen-bond acceptors (Lipinski definition) is 3. The molecule has 0 saturated carbocycles. The van der Waals surface area contributed by atoms with E-state index >= 15 is 0 Å². The number of thioether (sulfide) groups is 1. The monoisotopic (exact) mass is 343 g/mol. The van der Waals surface area contributed by atoms with E-state index in [1.165, 1.54) is 11.8 Å². The number of benzene rings is 2. The topological polar surface area (TPSA) is 57.6 Å². The second-order valence-corrected chi connectivity index (χ2v) is 6.46. The Hall–Kier alpha value is -2.27. The summed E-state index contributed by atoms with van der Waals surface area (Å²) in [4.78, 5) is 26.5. The van der Waals surface area contributed by atoms with Crippen molar-refractivity contribution >= 4 is 23.6 Å². The van der Waals surface area contributed by atoms with Gasteiger partial charge in [-0.3, -0.25) is 9.59 Å². The zero-order valence-corrected chi connectivity index (χ0v) is 14.4. The third-order valence-electron chi connectivity index (χ3n) is 3.61. The first-order chi connectivity index (χ1) is 11.6. The third-order valence-corrected chi connectivity index (χ3v) is 4.87. The molecule has 1 amide bonds. The van der Waals surface area contributed by atoms with Gasteiger partial charge < -0.3 is 10.0 Å². The number of likely N-dealkylation sites (N-methyl/N-ethyl adjacent to an activating group) is 1. The smallest absolute Gasteiger partial charge is 0.305 e. The number of carbonyl (C=O) groups is 2. The minimum Gasteiger partial charge on any atom is -0.481 e. The van der Waals surface area contributed by atoms with E-state index in [1.54, 1.807) is 4.90 Å². The Morgan fingerprint density at radius 3 is 2.17 bits per heavy atom. The van der Waals surface area contributed by atoms with Crippen molar-refractivity contribution < 1.29 is 14.7 Å². The second-order valence-electron chi connectivity index (χ2n) is 5.28. The molecule has 1 N–H and O–H groups in total. The summed E-state index contributed by atoms with van der Waals surface area (Å²) >= 11 is 1.49. The molecule has 1 unspecified atom stereocenters. The van der Waals surface area contributed by atoms with E-state index in [-0.39, 0.29) is 24.1 Å². The summed E-state index contributed by atoms with van der Waals surface area (Å²) in [6.07, 6.45) is -0.0446. The van der Waals surface area contributed by atoms with Gasteiger partial charge >= 0.3 is 5.97 Å². The number of hydrogen-bond donors (Lipinski definition) is 1. The fraction of sp³-hybridized carbons (Fsp3) is 0.263. The number of rotatable bonds is 8. The van der Waals surface area contributed by atoms with Gasteiger partial charge in [0.05, 0.1) is 6.42 Å². The van der Waals surface area contributed by atoms with Gasteiger partial charge in [-0.25, -0.2) is 0 Å². The van der Waals surface area contributed by atoms with Crippen LogP contribution >= 0.6 is 11.8 Å². The molecule has 0 fully saturated rings. The number of nitrogens with zero attached hydrogens (tertiary/aromatic N) is 1. The SMILES string of the molecule is CCN(CCC(=O)O)C(=O)C(Sc1ccccc1)c1ccccc1. The zero-order valence-electron chi connectivity index (χ0n) is 13.6. The molecule has 126 valence electrons. The first-order valence-corrected chi connectivity index (χ1v) is 8.77. The van der Waals surface area contributed by atoms with Gasteiger partial charge in [-0.1, -0.05) is 48.5 Å². The number of carboxylic acid groups (broad SMARTS) is 1. The van der Waals surface area contributed by atoms with Crippen LogP contribution in [-0.4, -0.2) is 35.0 Å². The third kappa shape index (κ3) is 5.13. The Morgan fingerprint density at radius 2 is 1.62 bits per heavy atom. The van der Waals surface area contributed by atoms with Crippen LogP contribution in [0.25, 0.3) is 0 Å². The highest BCUT2D eigenvalue weighted by molar-refractivity contribution is 8.00. The fourth-order valence-electron chi connectivity index (χ4n) is 2.34. The highest BCUT2D eigenvalue weighted by Gasteiger charge is 2.26. The number of amides is 1. The molecule has 0 saturated heterocycles. The van der Waals surface area contributed by atoms with E-state index in [4.69, 9.17) is 5.11 Å². The van der Waals surface area contributed by atoms with Crippen molar-refractivity contribution in [2.45, 2.75) is 23.5 Å². The van der Waals surface area contributed by atoms with Crippen LogP contribution in [0.15, 0.2) is 65.6 Å². The molecule has 24 heavy (non-hydrogen) atoms. The van der Waals surface area contributed by atoms with Crippen LogP contribution in [0.1, 0.15) is 24.2 Å². The van der Waals surface area contributed by atoms with Crippen LogP contribution in [0.2, 0.25) is 0 Å². The standard InChI is InChI=1S/C19H21NO3S/c1-2-20(14-13-17(21)22)19(23)18(15-9-5-3-6-10-15)24-16-11-7-4-8-12-16/h3-12,18H,2,13-14H2,1H3,(H,21,22). The van der Waals surface area contributed by atoms with Gasteiger partial charge in [-0.2, -0.15) is 0 Å². The van der Waals surface area contributed by atoms with Gasteiger partial charge in [0.2, 0.25) is 5.91 Å². The Labute approximate surface area is 146 Å². The molecule has 5 heteroatoms. The summed E-state index contributed by atoms with van der Waals surface area (Å²) in [6.45, 7) is 2.59. The maximum Gasteiger partial charge on any atom is 0.305 e. The fourth-order valence-corrected chi connectivity index (χ4v) is 3.47. The summed E-state index contributed by atoms with van der Waals surface area (Å²) in [5.41, 5.74) is 0.921. The van der Waals surface area contributed by atoms with Crippen molar-refractivity contribution in [3.63, 3.8) is 0 Å². The zero-order chi connectivity index (χ0) is 17.4. The predicted molar refractivity (Wildman–Crippen MR) is 96.0 cm³/mol. The van der Waals surface area contributed by atoms with Gasteiger partial charge in [0.25, 0.3) is 0 Å². The summed E-state index contributed by atoms with van der Waals surface area (Å²) in [5.74, 6) is -0.952. The Bertz CT molecular complexity index is 661. The second kappa shape index (κ2) is 9.13. The molecule has 0 aliphatic heterocycles. The van der Waals surface area contributed by atoms with Crippen LogP contribution in [0.5, 0.6) is 0 Å². The first kappa shape index (κ1) is 18.1. The molecular formula is C19H21NO3S. The molecule has 1 atom stereocenters. The van der Waals surface area contributed by atoms with Crippen LogP contribution in [0.3, 0.4) is 0 Å². The lowest BCUT2D eigenvalue weighted by Gasteiger charge is -2.26. The summed E-state index contributed by atoms with van der Waals surface area (Å²) in [5, 5.41) is 8.50. The molecule has 4 nitrogen and oxygen atoms in total. The molecule has 0 aromatic heterocycles. The average Bonchev–Trinajstić information content (AvgIpc) is 2.61. The minimum atomic E-state index is -0.895. The summed E-state index contributed by atoms with van der Waals surface area (Å²) in [6, 6.07) is 19.4. The van der Waals surface area contributed by atoms with Crippen molar-refractivity contribution in [1.82, 2.24) is 4.90 Å². The maximum absolute atomic E-state index is 13.0. The average molecular weight is 343 g/mol. The van der Waals surface area contributed by atoms with Crippen molar-refractivity contribution in [2.24, 2.45) is 0 Å². The van der Waals surface area contributed by atoms with E-state index in [1.807, 2.05) is 67.6 Å². The lowest BCUT2D eigenvalue weighted by molar-refractivity contribution is -0.138. The maximum atomic E-state index is 13.0. The van der Waals surface area contributed by atoms with Crippen molar-refractivity contribution in [1.29, 1.82) is 0 Å². The first-order valence-electron chi connectivity index (χ1n) is 7.89. The van der Waals surface area contributed by atoms with E-state index in [9.17, 15) is 9.59 Å². The quantitative estimate of drug-likeness (QED) is 0.740. The van der Waals surface area contributed by atoms with E-state index in [0.717, 1.165) is 10.5 Å². The Morgan fingerprint density at radius 1 is 1.04 bits per heavy atom. The van der Waals surface area contributed by atoms with Gasteiger partial charge in [0.1, 0.15) is 5.25 Å². The van der Waals surface area contributed by atoms with Crippen LogP contribution < -0.4 is 0 Å². The molecule has 0 aliphatic carbocycles. The summed E-state index contributed by atoms with van der Waals surface area (Å²) in [7, 11) is 0. The molecule has 0 aliphatic rings. The van der Waals surface area contributed by atoms with Crippen LogP contribution in [0.4, 0.5) is 0 Å². The molecule has 0 spiro atoms. The Balaban J connectivity index is 2.24. The lowest BCUT2D eigenvalue weighted by atomic mass is 10.1. The lowest BCUT2D eigenvalue weighted by Crippen LogP contribution is -2.35. The van der Waals surface area contributed by atoms with Crippen molar-refractivity contribution in [3.05, 3.63) is 66.2 Å². The van der Waals surface area contributed by atoms with Gasteiger partial charge in [0, 0.05) is 18.0 Å². The van der Waals surface area contributed by atoms with E-state index < -0.39 is 5.97 Å². The minimum absolute atomic E-state index is 0.0446. The molecule has 2 rings (SSSR count). The van der Waals surface area contributed by atoms with Gasteiger partial charge in [-0.15, -0.1) is 11.8 Å². The van der Waals surface area contributed by atoms with Crippen molar-refractivity contribution in [2.75, 3.05) is 13.1 Å². The predicted octanol–water partition coefficient (Wildman–Crippen LogP) is 3.84. The molecule has 0 radical (unpaired) electrons. The Kier molecular flexibility index (Phi) is 6.88. The van der Waals surface area contributed by atoms with E-state index in [0.29, 0.717) is 6.54 Å². The van der Waals surface area contributed by atoms with Gasteiger partial charge in [0.15, 0.2) is 0 Å². The highest BCUT2D eigenvalue weighted by Crippen LogP contribution is 2.36. The molecule has 2 aromatic rings. The number of carbonyl (C=O) groups excluding carboxylic acids is 1. The van der Waals surface area contributed by atoms with Gasteiger partial charge in [-0.05, 0) is 24.6 Å². The molecule has 0 heterocycles.